The summed E-state index contributed by atoms with van der Waals surface area (Å²) in [6, 6.07) is 15.3. The number of anilines is 4. The van der Waals surface area contributed by atoms with E-state index in [0.29, 0.717) is 5.69 Å². The van der Waals surface area contributed by atoms with Gasteiger partial charge in [0.1, 0.15) is 0 Å². The number of carbonyl (C=O) groups is 1. The van der Waals surface area contributed by atoms with Crippen LogP contribution in [0.5, 0.6) is 0 Å². The first-order valence-corrected chi connectivity index (χ1v) is 7.46. The zero-order chi connectivity index (χ0) is 17.4. The van der Waals surface area contributed by atoms with Crippen molar-refractivity contribution in [1.82, 2.24) is 0 Å². The second-order valence-electron chi connectivity index (χ2n) is 5.01. The number of carbonyl (C=O) groups excluding carboxylic acids is 1. The van der Waals surface area contributed by atoms with E-state index in [2.05, 4.69) is 20.9 Å². The first-order chi connectivity index (χ1) is 11.6. The summed E-state index contributed by atoms with van der Waals surface area (Å²) in [6.07, 6.45) is 2.93. The molecular formula is C18H21N5O. The van der Waals surface area contributed by atoms with E-state index in [1.807, 2.05) is 55.6 Å². The predicted octanol–water partition coefficient (Wildman–Crippen LogP) is 2.95. The smallest absolute Gasteiger partial charge is 0.271 e. The molecule has 6 nitrogen and oxygen atoms in total. The lowest BCUT2D eigenvalue weighted by Gasteiger charge is -2.09. The summed E-state index contributed by atoms with van der Waals surface area (Å²) < 4.78 is 0. The fourth-order valence-electron chi connectivity index (χ4n) is 1.96. The first kappa shape index (κ1) is 17.1. The number of allylic oxidation sites excluding steroid dienone is 1. The van der Waals surface area contributed by atoms with Crippen LogP contribution in [0.25, 0.3) is 0 Å². The van der Waals surface area contributed by atoms with Crippen molar-refractivity contribution in [3.05, 3.63) is 60.3 Å². The van der Waals surface area contributed by atoms with Gasteiger partial charge in [-0.1, -0.05) is 0 Å². The molecule has 24 heavy (non-hydrogen) atoms. The fourth-order valence-corrected chi connectivity index (χ4v) is 1.96. The maximum absolute atomic E-state index is 11.9. The van der Waals surface area contributed by atoms with E-state index >= 15 is 0 Å². The van der Waals surface area contributed by atoms with E-state index in [-0.39, 0.29) is 11.6 Å². The Kier molecular flexibility index (Phi) is 5.96. The van der Waals surface area contributed by atoms with Gasteiger partial charge in [0.05, 0.1) is 5.70 Å². The summed E-state index contributed by atoms with van der Waals surface area (Å²) in [5, 5.41) is 9.09. The summed E-state index contributed by atoms with van der Waals surface area (Å²) in [6.45, 7) is 0. The van der Waals surface area contributed by atoms with Crippen LogP contribution in [0.4, 0.5) is 22.7 Å². The summed E-state index contributed by atoms with van der Waals surface area (Å²) in [5.41, 5.74) is 9.38. The van der Waals surface area contributed by atoms with E-state index in [0.717, 1.165) is 17.1 Å². The molecule has 0 atom stereocenters. The molecule has 0 aliphatic carbocycles. The van der Waals surface area contributed by atoms with Gasteiger partial charge in [0.2, 0.25) is 0 Å². The molecule has 0 bridgehead atoms. The van der Waals surface area contributed by atoms with Gasteiger partial charge in [0, 0.05) is 43.1 Å². The number of hydrogen-bond acceptors (Lipinski definition) is 5. The van der Waals surface area contributed by atoms with Gasteiger partial charge in [0.25, 0.3) is 5.91 Å². The lowest BCUT2D eigenvalue weighted by molar-refractivity contribution is -0.112. The van der Waals surface area contributed by atoms with Crippen LogP contribution in [0, 0.1) is 0 Å². The third-order valence-electron chi connectivity index (χ3n) is 3.27. The SMILES string of the molecule is CN=CC=C(N)C(=O)Nc1ccc(Nc2ccc(NC)cc2)cc1. The van der Waals surface area contributed by atoms with Crippen molar-refractivity contribution in [2.24, 2.45) is 10.7 Å². The maximum atomic E-state index is 11.9. The van der Waals surface area contributed by atoms with Crippen molar-refractivity contribution < 1.29 is 4.79 Å². The third kappa shape index (κ3) is 4.88. The van der Waals surface area contributed by atoms with Gasteiger partial charge in [-0.05, 0) is 54.6 Å². The number of nitrogens with one attached hydrogen (secondary N) is 3. The van der Waals surface area contributed by atoms with Crippen LogP contribution in [-0.2, 0) is 4.79 Å². The van der Waals surface area contributed by atoms with E-state index in [1.165, 1.54) is 12.3 Å². The van der Waals surface area contributed by atoms with Crippen LogP contribution in [0.15, 0.2) is 65.3 Å². The third-order valence-corrected chi connectivity index (χ3v) is 3.27. The van der Waals surface area contributed by atoms with Crippen LogP contribution < -0.4 is 21.7 Å². The molecule has 1 amide bonds. The van der Waals surface area contributed by atoms with Crippen molar-refractivity contribution in [3.63, 3.8) is 0 Å². The molecule has 5 N–H and O–H groups in total. The van der Waals surface area contributed by atoms with Gasteiger partial charge >= 0.3 is 0 Å². The van der Waals surface area contributed by atoms with Gasteiger partial charge in [-0.15, -0.1) is 0 Å². The van der Waals surface area contributed by atoms with Crippen molar-refractivity contribution in [1.29, 1.82) is 0 Å². The predicted molar refractivity (Wildman–Crippen MR) is 101 cm³/mol. The number of nitrogens with two attached hydrogens (primary N) is 1. The first-order valence-electron chi connectivity index (χ1n) is 7.46. The highest BCUT2D eigenvalue weighted by Crippen LogP contribution is 2.20. The normalized spacial score (nSPS) is 11.3. The van der Waals surface area contributed by atoms with Gasteiger partial charge < -0.3 is 21.7 Å². The maximum Gasteiger partial charge on any atom is 0.271 e. The largest absolute Gasteiger partial charge is 0.394 e. The van der Waals surface area contributed by atoms with Crippen molar-refractivity contribution in [2.75, 3.05) is 30.0 Å². The number of hydrogen-bond donors (Lipinski definition) is 4. The van der Waals surface area contributed by atoms with Crippen LogP contribution in [0.2, 0.25) is 0 Å². The number of amides is 1. The van der Waals surface area contributed by atoms with Crippen LogP contribution in [-0.4, -0.2) is 26.2 Å². The Bertz CT molecular complexity index is 733. The fraction of sp³-hybridized carbons (Fsp3) is 0.111. The van der Waals surface area contributed by atoms with Crippen LogP contribution in [0.1, 0.15) is 0 Å². The Balaban J connectivity index is 1.98. The van der Waals surface area contributed by atoms with E-state index in [4.69, 9.17) is 5.73 Å². The van der Waals surface area contributed by atoms with Crippen LogP contribution >= 0.6 is 0 Å². The highest BCUT2D eigenvalue weighted by molar-refractivity contribution is 6.05. The molecule has 0 aliphatic heterocycles. The Labute approximate surface area is 141 Å². The molecule has 0 heterocycles. The molecular weight excluding hydrogens is 302 g/mol. The molecule has 0 saturated carbocycles. The second-order valence-corrected chi connectivity index (χ2v) is 5.01. The lowest BCUT2D eigenvalue weighted by atomic mass is 10.2. The standard InChI is InChI=1S/C18H21N5O/c1-20-12-11-17(19)18(24)23-16-9-7-15(8-10-16)22-14-5-3-13(21-2)4-6-14/h3-12,21-22H,19H2,1-2H3,(H,23,24). The quantitative estimate of drug-likeness (QED) is 0.486. The highest BCUT2D eigenvalue weighted by Gasteiger charge is 2.05. The minimum absolute atomic E-state index is 0.104. The van der Waals surface area contributed by atoms with Gasteiger partial charge in [0.15, 0.2) is 0 Å². The van der Waals surface area contributed by atoms with Crippen molar-refractivity contribution in [2.45, 2.75) is 0 Å². The number of nitrogens with zero attached hydrogens (tertiary/aromatic N) is 1. The molecule has 2 aromatic rings. The van der Waals surface area contributed by atoms with E-state index in [9.17, 15) is 4.79 Å². The highest BCUT2D eigenvalue weighted by atomic mass is 16.2. The summed E-state index contributed by atoms with van der Waals surface area (Å²) in [7, 11) is 3.49. The number of rotatable bonds is 6. The second kappa shape index (κ2) is 8.38. The zero-order valence-electron chi connectivity index (χ0n) is 13.7. The van der Waals surface area contributed by atoms with Gasteiger partial charge in [-0.3, -0.25) is 9.79 Å². The molecule has 0 aromatic heterocycles. The molecule has 2 rings (SSSR count). The minimum atomic E-state index is -0.363. The number of benzene rings is 2. The molecule has 0 unspecified atom stereocenters. The van der Waals surface area contributed by atoms with E-state index in [1.54, 1.807) is 7.05 Å². The lowest BCUT2D eigenvalue weighted by Crippen LogP contribution is -2.20. The molecule has 0 fully saturated rings. The number of aliphatic imine (C=N–C) groups is 1. The zero-order valence-corrected chi connectivity index (χ0v) is 13.7. The van der Waals surface area contributed by atoms with Crippen LogP contribution in [0.3, 0.4) is 0 Å². The molecule has 124 valence electrons. The molecule has 0 spiro atoms. The topological polar surface area (TPSA) is 91.5 Å². The Morgan fingerprint density at radius 2 is 1.46 bits per heavy atom. The monoisotopic (exact) mass is 323 g/mol. The molecule has 6 heteroatoms. The summed E-state index contributed by atoms with van der Waals surface area (Å²) in [4.78, 5) is 15.6. The molecule has 2 aromatic carbocycles. The molecule has 0 saturated heterocycles. The average Bonchev–Trinajstić information content (AvgIpc) is 2.62. The van der Waals surface area contributed by atoms with E-state index < -0.39 is 0 Å². The van der Waals surface area contributed by atoms with Gasteiger partial charge in [-0.25, -0.2) is 0 Å². The van der Waals surface area contributed by atoms with Gasteiger partial charge in [-0.2, -0.15) is 0 Å². The Morgan fingerprint density at radius 1 is 0.958 bits per heavy atom. The van der Waals surface area contributed by atoms with Crippen molar-refractivity contribution in [3.8, 4) is 0 Å². The minimum Gasteiger partial charge on any atom is -0.394 e. The Morgan fingerprint density at radius 3 is 1.96 bits per heavy atom. The average molecular weight is 323 g/mol. The summed E-state index contributed by atoms with van der Waals surface area (Å²) in [5.74, 6) is -0.363. The molecule has 0 aliphatic rings. The van der Waals surface area contributed by atoms with Crippen molar-refractivity contribution >= 4 is 34.9 Å². The Hall–Kier alpha value is -3.28. The summed E-state index contributed by atoms with van der Waals surface area (Å²) >= 11 is 0. The molecule has 0 radical (unpaired) electrons.